The van der Waals surface area contributed by atoms with Crippen LogP contribution in [0.5, 0.6) is 0 Å². The van der Waals surface area contributed by atoms with Crippen LogP contribution < -0.4 is 0 Å². The Bertz CT molecular complexity index is 1780. The maximum Gasteiger partial charge on any atom is 0.472 e. The number of esters is 4. The molecule has 0 bridgehead atoms. The number of phosphoric ester groups is 2. The molecule has 0 aromatic rings. The molecule has 0 aliphatic rings. The zero-order chi connectivity index (χ0) is 66.8. The molecule has 0 aromatic carbocycles. The van der Waals surface area contributed by atoms with Crippen molar-refractivity contribution in [3.8, 4) is 0 Å². The summed E-state index contributed by atoms with van der Waals surface area (Å²) >= 11 is 0. The molecule has 17 nitrogen and oxygen atoms in total. The summed E-state index contributed by atoms with van der Waals surface area (Å²) in [5.41, 5.74) is 0. The van der Waals surface area contributed by atoms with Crippen molar-refractivity contribution < 1.29 is 80.2 Å². The molecule has 0 heterocycles. The van der Waals surface area contributed by atoms with E-state index in [0.29, 0.717) is 37.5 Å². The number of aliphatic hydroxyl groups excluding tert-OH is 1. The standard InChI is InChI=1S/C71H138O17P2/c1-9-64(8)50-42-34-25-19-14-12-10-11-13-15-20-26-37-45-53-70(75)87-66(57-81-68(73)51-43-35-28-22-24-32-40-48-62(4)5)59-85-89(77,78)83-55-65(72)56-84-90(79,80)86-60-67(58-82-69(74)52-44-36-30-29-33-41-49-63(6)7)88-71(76)54-46-38-27-21-17-16-18-23-31-39-47-61(2)3/h61-67,72H,9-60H2,1-8H3,(H,77,78)(H,79,80)/t64?,65?,66-,67-/m1/s1. The molecule has 0 aromatic heterocycles. The van der Waals surface area contributed by atoms with Crippen LogP contribution in [0, 0.1) is 23.7 Å². The van der Waals surface area contributed by atoms with Gasteiger partial charge in [0.05, 0.1) is 26.4 Å². The van der Waals surface area contributed by atoms with Crippen LogP contribution in [0.4, 0.5) is 0 Å². The van der Waals surface area contributed by atoms with E-state index in [9.17, 15) is 43.2 Å². The normalized spacial score (nSPS) is 14.6. The number of rotatable bonds is 68. The molecule has 0 spiro atoms. The van der Waals surface area contributed by atoms with E-state index in [0.717, 1.165) is 115 Å². The number of carbonyl (C=O) groups is 4. The van der Waals surface area contributed by atoms with Crippen LogP contribution in [0.2, 0.25) is 0 Å². The van der Waals surface area contributed by atoms with Crippen LogP contribution in [0.25, 0.3) is 0 Å². The van der Waals surface area contributed by atoms with E-state index >= 15 is 0 Å². The van der Waals surface area contributed by atoms with Crippen molar-refractivity contribution in [2.45, 2.75) is 369 Å². The van der Waals surface area contributed by atoms with Crippen LogP contribution >= 0.6 is 15.6 Å². The number of ether oxygens (including phenoxy) is 4. The van der Waals surface area contributed by atoms with Gasteiger partial charge < -0.3 is 33.8 Å². The highest BCUT2D eigenvalue weighted by atomic mass is 31.2. The predicted octanol–water partition coefficient (Wildman–Crippen LogP) is 20.1. The van der Waals surface area contributed by atoms with Crippen LogP contribution in [0.15, 0.2) is 0 Å². The molecule has 0 aliphatic carbocycles. The van der Waals surface area contributed by atoms with Crippen LogP contribution in [0.3, 0.4) is 0 Å². The summed E-state index contributed by atoms with van der Waals surface area (Å²) in [5.74, 6) is 0.851. The summed E-state index contributed by atoms with van der Waals surface area (Å²) in [7, 11) is -9.90. The Balaban J connectivity index is 5.21. The van der Waals surface area contributed by atoms with E-state index in [4.69, 9.17) is 37.0 Å². The Morgan fingerprint density at radius 2 is 0.533 bits per heavy atom. The fourth-order valence-electron chi connectivity index (χ4n) is 10.6. The van der Waals surface area contributed by atoms with Gasteiger partial charge in [0, 0.05) is 25.7 Å². The van der Waals surface area contributed by atoms with Gasteiger partial charge in [0.2, 0.25) is 0 Å². The highest BCUT2D eigenvalue weighted by Gasteiger charge is 2.30. The summed E-state index contributed by atoms with van der Waals surface area (Å²) in [5, 5.41) is 10.6. The van der Waals surface area contributed by atoms with Gasteiger partial charge in [-0.25, -0.2) is 9.13 Å². The minimum absolute atomic E-state index is 0.104. The van der Waals surface area contributed by atoms with Crippen molar-refractivity contribution in [2.75, 3.05) is 39.6 Å². The fraction of sp³-hybridized carbons (Fsp3) is 0.944. The predicted molar refractivity (Wildman–Crippen MR) is 363 cm³/mol. The van der Waals surface area contributed by atoms with Crippen molar-refractivity contribution >= 4 is 39.5 Å². The minimum Gasteiger partial charge on any atom is -0.462 e. The third-order valence-electron chi connectivity index (χ3n) is 16.7. The summed E-state index contributed by atoms with van der Waals surface area (Å²) < 4.78 is 68.3. The SMILES string of the molecule is CCC(C)CCCCCCCCCCCCCCCCC(=O)O[C@H](COC(=O)CCCCCCCCCC(C)C)COP(=O)(O)OCC(O)COP(=O)(O)OC[C@@H](COC(=O)CCCCCCCCC(C)C)OC(=O)CCCCCCCCCCCCC(C)C. The number of phosphoric acid groups is 2. The molecular weight excluding hydrogens is 1190 g/mol. The van der Waals surface area contributed by atoms with E-state index in [1.807, 2.05) is 0 Å². The maximum absolute atomic E-state index is 13.0. The molecule has 534 valence electrons. The highest BCUT2D eigenvalue weighted by molar-refractivity contribution is 7.47. The molecule has 0 aliphatic heterocycles. The number of unbranched alkanes of at least 4 members (excludes halogenated alkanes) is 33. The molecule has 19 heteroatoms. The summed E-state index contributed by atoms with van der Waals surface area (Å²) in [4.78, 5) is 72.5. The van der Waals surface area contributed by atoms with Gasteiger partial charge in [0.15, 0.2) is 12.2 Å². The second-order valence-corrected chi connectivity index (χ2v) is 30.2. The largest absolute Gasteiger partial charge is 0.472 e. The molecule has 0 amide bonds. The average molecular weight is 1330 g/mol. The van der Waals surface area contributed by atoms with Crippen molar-refractivity contribution in [3.05, 3.63) is 0 Å². The zero-order valence-electron chi connectivity index (χ0n) is 58.8. The Kier molecular flexibility index (Phi) is 59.4. The summed E-state index contributed by atoms with van der Waals surface area (Å²) in [6, 6.07) is 0. The highest BCUT2D eigenvalue weighted by Crippen LogP contribution is 2.45. The Hall–Kier alpha value is -1.94. The molecule has 90 heavy (non-hydrogen) atoms. The number of hydrogen-bond donors (Lipinski definition) is 3. The second-order valence-electron chi connectivity index (χ2n) is 27.3. The quantitative estimate of drug-likeness (QED) is 0.0222. The Labute approximate surface area is 549 Å². The molecule has 0 radical (unpaired) electrons. The second kappa shape index (κ2) is 60.7. The summed E-state index contributed by atoms with van der Waals surface area (Å²) in [6.07, 6.45) is 43.3. The average Bonchev–Trinajstić information content (AvgIpc) is 3.69. The monoisotopic (exact) mass is 1320 g/mol. The van der Waals surface area contributed by atoms with E-state index in [1.165, 1.54) is 141 Å². The maximum atomic E-state index is 13.0. The van der Waals surface area contributed by atoms with Crippen molar-refractivity contribution in [2.24, 2.45) is 23.7 Å². The molecule has 3 N–H and O–H groups in total. The van der Waals surface area contributed by atoms with Crippen molar-refractivity contribution in [3.63, 3.8) is 0 Å². The first kappa shape index (κ1) is 88.1. The van der Waals surface area contributed by atoms with E-state index in [1.54, 1.807) is 0 Å². The van der Waals surface area contributed by atoms with Crippen molar-refractivity contribution in [1.82, 2.24) is 0 Å². The Morgan fingerprint density at radius 3 is 0.789 bits per heavy atom. The summed E-state index contributed by atoms with van der Waals surface area (Å²) in [6.45, 7) is 14.1. The lowest BCUT2D eigenvalue weighted by atomic mass is 9.99. The van der Waals surface area contributed by atoms with Gasteiger partial charge in [0.1, 0.15) is 19.3 Å². The van der Waals surface area contributed by atoms with E-state index in [-0.39, 0.29) is 25.7 Å². The fourth-order valence-corrected chi connectivity index (χ4v) is 12.2. The molecule has 0 saturated carbocycles. The molecule has 0 saturated heterocycles. The lowest BCUT2D eigenvalue weighted by molar-refractivity contribution is -0.161. The first-order chi connectivity index (χ1) is 43.1. The van der Waals surface area contributed by atoms with E-state index in [2.05, 4.69) is 55.4 Å². The molecule has 0 fully saturated rings. The molecule has 4 unspecified atom stereocenters. The third-order valence-corrected chi connectivity index (χ3v) is 18.6. The van der Waals surface area contributed by atoms with Gasteiger partial charge in [-0.1, -0.05) is 299 Å². The van der Waals surface area contributed by atoms with Crippen LogP contribution in [-0.4, -0.2) is 96.7 Å². The smallest absolute Gasteiger partial charge is 0.462 e. The number of aliphatic hydroxyl groups is 1. The molecular formula is C71H138O17P2. The Morgan fingerprint density at radius 1 is 0.311 bits per heavy atom. The van der Waals surface area contributed by atoms with Crippen molar-refractivity contribution in [1.29, 1.82) is 0 Å². The van der Waals surface area contributed by atoms with Gasteiger partial charge in [-0.2, -0.15) is 0 Å². The van der Waals surface area contributed by atoms with Crippen LogP contribution in [0.1, 0.15) is 351 Å². The first-order valence-corrected chi connectivity index (χ1v) is 39.7. The van der Waals surface area contributed by atoms with Gasteiger partial charge in [-0.3, -0.25) is 37.3 Å². The first-order valence-electron chi connectivity index (χ1n) is 36.7. The molecule has 6 atom stereocenters. The third kappa shape index (κ3) is 63.5. The zero-order valence-corrected chi connectivity index (χ0v) is 60.6. The number of carbonyl (C=O) groups excluding carboxylic acids is 4. The lowest BCUT2D eigenvalue weighted by Crippen LogP contribution is -2.30. The van der Waals surface area contributed by atoms with Gasteiger partial charge in [-0.05, 0) is 49.4 Å². The number of hydrogen-bond acceptors (Lipinski definition) is 15. The van der Waals surface area contributed by atoms with Gasteiger partial charge in [0.25, 0.3) is 0 Å². The van der Waals surface area contributed by atoms with Gasteiger partial charge in [-0.15, -0.1) is 0 Å². The topological polar surface area (TPSA) is 237 Å². The van der Waals surface area contributed by atoms with Crippen LogP contribution in [-0.2, 0) is 65.4 Å². The minimum atomic E-state index is -4.95. The van der Waals surface area contributed by atoms with Gasteiger partial charge >= 0.3 is 39.5 Å². The molecule has 0 rings (SSSR count). The lowest BCUT2D eigenvalue weighted by Gasteiger charge is -2.21. The van der Waals surface area contributed by atoms with E-state index < -0.39 is 97.5 Å².